The van der Waals surface area contributed by atoms with Crippen LogP contribution in [0.2, 0.25) is 0 Å². The van der Waals surface area contributed by atoms with E-state index in [0.29, 0.717) is 25.5 Å². The second-order valence-electron chi connectivity index (χ2n) is 5.04. The number of nitro groups is 1. The Hall–Kier alpha value is -2.20. The SMILES string of the molecule is CC1CN(c2ncccc2[N+](=O)[O-])CC(C)N1CC#N. The van der Waals surface area contributed by atoms with Crippen molar-refractivity contribution >= 4 is 11.5 Å². The molecular formula is C13H17N5O2. The Morgan fingerprint density at radius 2 is 2.15 bits per heavy atom. The molecule has 2 heterocycles. The Kier molecular flexibility index (Phi) is 4.15. The van der Waals surface area contributed by atoms with Gasteiger partial charge in [-0.1, -0.05) is 0 Å². The largest absolute Gasteiger partial charge is 0.348 e. The van der Waals surface area contributed by atoms with E-state index in [0.717, 1.165) is 0 Å². The molecule has 0 bridgehead atoms. The van der Waals surface area contributed by atoms with Crippen LogP contribution in [0.3, 0.4) is 0 Å². The average molecular weight is 275 g/mol. The van der Waals surface area contributed by atoms with Gasteiger partial charge in [-0.05, 0) is 19.9 Å². The van der Waals surface area contributed by atoms with Gasteiger partial charge in [0.05, 0.1) is 17.5 Å². The van der Waals surface area contributed by atoms with Gasteiger partial charge in [-0.15, -0.1) is 0 Å². The monoisotopic (exact) mass is 275 g/mol. The highest BCUT2D eigenvalue weighted by atomic mass is 16.6. The van der Waals surface area contributed by atoms with Crippen molar-refractivity contribution < 1.29 is 4.92 Å². The van der Waals surface area contributed by atoms with Crippen molar-refractivity contribution in [3.05, 3.63) is 28.4 Å². The molecule has 0 aliphatic carbocycles. The number of anilines is 1. The van der Waals surface area contributed by atoms with Crippen LogP contribution in [0, 0.1) is 21.4 Å². The predicted octanol–water partition coefficient (Wildman–Crippen LogP) is 1.41. The fraction of sp³-hybridized carbons (Fsp3) is 0.538. The lowest BCUT2D eigenvalue weighted by molar-refractivity contribution is -0.384. The van der Waals surface area contributed by atoms with Crippen molar-refractivity contribution in [1.82, 2.24) is 9.88 Å². The van der Waals surface area contributed by atoms with Gasteiger partial charge in [-0.25, -0.2) is 4.98 Å². The smallest absolute Gasteiger partial charge is 0.311 e. The molecule has 1 aromatic heterocycles. The first-order valence-corrected chi connectivity index (χ1v) is 6.51. The van der Waals surface area contributed by atoms with Crippen LogP contribution in [0.15, 0.2) is 18.3 Å². The molecule has 1 aliphatic heterocycles. The standard InChI is InChI=1S/C13H17N5O2/c1-10-8-16(9-11(2)17(10)7-5-14)13-12(18(19)20)4-3-6-15-13/h3-4,6,10-11H,7-9H2,1-2H3. The summed E-state index contributed by atoms with van der Waals surface area (Å²) in [6.45, 7) is 5.68. The summed E-state index contributed by atoms with van der Waals surface area (Å²) in [6, 6.07) is 5.51. The first-order chi connectivity index (χ1) is 9.54. The molecule has 1 fully saturated rings. The molecule has 1 saturated heterocycles. The third-order valence-electron chi connectivity index (χ3n) is 3.62. The van der Waals surface area contributed by atoms with Gasteiger partial charge in [-0.3, -0.25) is 15.0 Å². The van der Waals surface area contributed by atoms with Crippen LogP contribution in [0.25, 0.3) is 0 Å². The number of pyridine rings is 1. The highest BCUT2D eigenvalue weighted by molar-refractivity contribution is 5.57. The van der Waals surface area contributed by atoms with Gasteiger partial charge in [0.15, 0.2) is 0 Å². The molecule has 0 radical (unpaired) electrons. The molecule has 2 rings (SSSR count). The van der Waals surface area contributed by atoms with Crippen molar-refractivity contribution in [3.8, 4) is 6.07 Å². The highest BCUT2D eigenvalue weighted by Crippen LogP contribution is 2.28. The minimum Gasteiger partial charge on any atom is -0.348 e. The van der Waals surface area contributed by atoms with E-state index < -0.39 is 4.92 Å². The zero-order valence-electron chi connectivity index (χ0n) is 11.6. The molecule has 0 spiro atoms. The van der Waals surface area contributed by atoms with E-state index in [1.165, 1.54) is 6.07 Å². The molecule has 106 valence electrons. The van der Waals surface area contributed by atoms with Crippen LogP contribution in [0.1, 0.15) is 13.8 Å². The van der Waals surface area contributed by atoms with Crippen LogP contribution in [-0.2, 0) is 0 Å². The number of nitrogens with zero attached hydrogens (tertiary/aromatic N) is 5. The van der Waals surface area contributed by atoms with Gasteiger partial charge in [0.1, 0.15) is 0 Å². The molecule has 20 heavy (non-hydrogen) atoms. The van der Waals surface area contributed by atoms with E-state index in [4.69, 9.17) is 5.26 Å². The van der Waals surface area contributed by atoms with E-state index in [1.807, 2.05) is 18.7 Å². The fourth-order valence-electron chi connectivity index (χ4n) is 2.70. The van der Waals surface area contributed by atoms with E-state index in [1.54, 1.807) is 12.3 Å². The number of piperazine rings is 1. The van der Waals surface area contributed by atoms with Crippen LogP contribution < -0.4 is 4.90 Å². The Morgan fingerprint density at radius 3 is 2.70 bits per heavy atom. The molecular weight excluding hydrogens is 258 g/mol. The molecule has 2 unspecified atom stereocenters. The molecule has 0 amide bonds. The third kappa shape index (κ3) is 2.70. The maximum absolute atomic E-state index is 11.1. The van der Waals surface area contributed by atoms with Crippen molar-refractivity contribution in [3.63, 3.8) is 0 Å². The zero-order valence-corrected chi connectivity index (χ0v) is 11.6. The molecule has 0 saturated carbocycles. The second kappa shape index (κ2) is 5.84. The van der Waals surface area contributed by atoms with E-state index in [-0.39, 0.29) is 17.8 Å². The lowest BCUT2D eigenvalue weighted by atomic mass is 10.1. The molecule has 7 nitrogen and oxygen atoms in total. The minimum absolute atomic E-state index is 0.0284. The van der Waals surface area contributed by atoms with Crippen molar-refractivity contribution in [1.29, 1.82) is 5.26 Å². The van der Waals surface area contributed by atoms with Gasteiger partial charge in [0.2, 0.25) is 5.82 Å². The van der Waals surface area contributed by atoms with Crippen molar-refractivity contribution in [2.75, 3.05) is 24.5 Å². The number of rotatable bonds is 3. The molecule has 1 aliphatic rings. The molecule has 0 aromatic carbocycles. The summed E-state index contributed by atoms with van der Waals surface area (Å²) < 4.78 is 0. The van der Waals surface area contributed by atoms with E-state index in [9.17, 15) is 10.1 Å². The Labute approximate surface area is 117 Å². The van der Waals surface area contributed by atoms with Crippen molar-refractivity contribution in [2.45, 2.75) is 25.9 Å². The van der Waals surface area contributed by atoms with Gasteiger partial charge in [0.25, 0.3) is 0 Å². The molecule has 2 atom stereocenters. The summed E-state index contributed by atoms with van der Waals surface area (Å²) in [7, 11) is 0. The third-order valence-corrected chi connectivity index (χ3v) is 3.62. The maximum atomic E-state index is 11.1. The minimum atomic E-state index is -0.403. The Morgan fingerprint density at radius 1 is 1.50 bits per heavy atom. The van der Waals surface area contributed by atoms with Crippen LogP contribution in [0.4, 0.5) is 11.5 Å². The number of hydrogen-bond acceptors (Lipinski definition) is 6. The lowest BCUT2D eigenvalue weighted by Gasteiger charge is -2.43. The summed E-state index contributed by atoms with van der Waals surface area (Å²) in [5.41, 5.74) is 0.0284. The van der Waals surface area contributed by atoms with Crippen LogP contribution >= 0.6 is 0 Å². The van der Waals surface area contributed by atoms with Gasteiger partial charge in [0, 0.05) is 37.4 Å². The Bertz CT molecular complexity index is 530. The second-order valence-corrected chi connectivity index (χ2v) is 5.04. The molecule has 0 N–H and O–H groups in total. The van der Waals surface area contributed by atoms with Crippen LogP contribution in [0.5, 0.6) is 0 Å². The summed E-state index contributed by atoms with van der Waals surface area (Å²) >= 11 is 0. The maximum Gasteiger partial charge on any atom is 0.311 e. The average Bonchev–Trinajstić information content (AvgIpc) is 2.42. The molecule has 7 heteroatoms. The van der Waals surface area contributed by atoms with Gasteiger partial charge >= 0.3 is 5.69 Å². The Balaban J connectivity index is 2.24. The predicted molar refractivity (Wildman–Crippen MR) is 74.3 cm³/mol. The normalized spacial score (nSPS) is 23.4. The number of hydrogen-bond donors (Lipinski definition) is 0. The van der Waals surface area contributed by atoms with E-state index in [2.05, 4.69) is 16.0 Å². The molecule has 1 aromatic rings. The van der Waals surface area contributed by atoms with E-state index >= 15 is 0 Å². The first kappa shape index (κ1) is 14.2. The lowest BCUT2D eigenvalue weighted by Crippen LogP contribution is -2.57. The van der Waals surface area contributed by atoms with Crippen LogP contribution in [-0.4, -0.2) is 46.5 Å². The number of aromatic nitrogens is 1. The number of nitriles is 1. The highest BCUT2D eigenvalue weighted by Gasteiger charge is 2.32. The first-order valence-electron chi connectivity index (χ1n) is 6.51. The van der Waals surface area contributed by atoms with Crippen molar-refractivity contribution in [2.24, 2.45) is 0 Å². The summed E-state index contributed by atoms with van der Waals surface area (Å²) in [5, 5.41) is 19.9. The summed E-state index contributed by atoms with van der Waals surface area (Å²) in [4.78, 5) is 18.9. The summed E-state index contributed by atoms with van der Waals surface area (Å²) in [6.07, 6.45) is 1.57. The zero-order chi connectivity index (χ0) is 14.7. The quantitative estimate of drug-likeness (QED) is 0.471. The summed E-state index contributed by atoms with van der Waals surface area (Å²) in [5.74, 6) is 0.410. The fourth-order valence-corrected chi connectivity index (χ4v) is 2.70. The van der Waals surface area contributed by atoms with Gasteiger partial charge < -0.3 is 4.90 Å². The van der Waals surface area contributed by atoms with Gasteiger partial charge in [-0.2, -0.15) is 5.26 Å². The topological polar surface area (TPSA) is 86.3 Å².